The van der Waals surface area contributed by atoms with Crippen molar-refractivity contribution in [3.8, 4) is 0 Å². The van der Waals surface area contributed by atoms with E-state index < -0.39 is 11.8 Å². The van der Waals surface area contributed by atoms with Crippen LogP contribution in [-0.2, 0) is 4.79 Å². The molecule has 32 heavy (non-hydrogen) atoms. The lowest BCUT2D eigenvalue weighted by Crippen LogP contribution is -1.99. The summed E-state index contributed by atoms with van der Waals surface area (Å²) in [6.07, 6.45) is 4.71. The molecule has 0 aliphatic heterocycles. The van der Waals surface area contributed by atoms with E-state index in [1.54, 1.807) is 18.3 Å². The molecule has 0 radical (unpaired) electrons. The molecule has 4 rings (SSSR count). The Labute approximate surface area is 189 Å². The number of carbonyl (C=O) groups is 1. The third-order valence-corrected chi connectivity index (χ3v) is 5.59. The van der Waals surface area contributed by atoms with Gasteiger partial charge in [0, 0.05) is 22.0 Å². The van der Waals surface area contributed by atoms with Gasteiger partial charge in [-0.3, -0.25) is 5.10 Å². The van der Waals surface area contributed by atoms with Gasteiger partial charge in [-0.15, -0.1) is 0 Å². The van der Waals surface area contributed by atoms with Gasteiger partial charge in [0.05, 0.1) is 11.7 Å². The Balaban J connectivity index is 1.98. The highest BCUT2D eigenvalue weighted by molar-refractivity contribution is 6.32. The highest BCUT2D eigenvalue weighted by Crippen LogP contribution is 2.38. The summed E-state index contributed by atoms with van der Waals surface area (Å²) >= 11 is 6.52. The van der Waals surface area contributed by atoms with E-state index >= 15 is 4.39 Å². The van der Waals surface area contributed by atoms with Gasteiger partial charge >= 0.3 is 5.97 Å². The van der Waals surface area contributed by atoms with Crippen LogP contribution >= 0.6 is 11.6 Å². The number of benzene rings is 3. The van der Waals surface area contributed by atoms with Crippen LogP contribution in [0.2, 0.25) is 5.02 Å². The van der Waals surface area contributed by atoms with Crippen molar-refractivity contribution in [2.45, 2.75) is 13.3 Å². The number of carboxylic acid groups (broad SMARTS) is 1. The Morgan fingerprint density at radius 3 is 2.66 bits per heavy atom. The third-order valence-electron chi connectivity index (χ3n) is 5.26. The molecule has 0 fully saturated rings. The predicted octanol–water partition coefficient (Wildman–Crippen LogP) is 6.82. The maximum atomic E-state index is 15.4. The summed E-state index contributed by atoms with van der Waals surface area (Å²) in [5, 5.41) is 17.4. The standard InChI is InChI=1S/C26H20ClFN2O2/c1-2-19(20-5-3-4-6-22(20)27)26(17-9-11-24-18(14-17)15-29-30-24)21-10-7-16(13-23(21)28)8-12-25(31)32/h3-15H,2H2,1H3,(H,29,30)(H,31,32)/b12-8+,26-19-. The summed E-state index contributed by atoms with van der Waals surface area (Å²) in [5.41, 5.74) is 5.09. The number of halogens is 2. The second-order valence-corrected chi connectivity index (χ2v) is 7.68. The molecule has 0 aliphatic rings. The molecule has 0 unspecified atom stereocenters. The molecular weight excluding hydrogens is 427 g/mol. The zero-order chi connectivity index (χ0) is 22.7. The number of hydrogen-bond donors (Lipinski definition) is 2. The highest BCUT2D eigenvalue weighted by atomic mass is 35.5. The zero-order valence-electron chi connectivity index (χ0n) is 17.3. The first kappa shape index (κ1) is 21.5. The fraction of sp³-hybridized carbons (Fsp3) is 0.0769. The van der Waals surface area contributed by atoms with Crippen LogP contribution in [0.1, 0.15) is 35.6 Å². The quantitative estimate of drug-likeness (QED) is 0.252. The highest BCUT2D eigenvalue weighted by Gasteiger charge is 2.18. The van der Waals surface area contributed by atoms with Crippen molar-refractivity contribution in [1.29, 1.82) is 0 Å². The van der Waals surface area contributed by atoms with Crippen molar-refractivity contribution in [2.24, 2.45) is 0 Å². The van der Waals surface area contributed by atoms with Gasteiger partial charge in [0.2, 0.25) is 0 Å². The van der Waals surface area contributed by atoms with Crippen LogP contribution in [0.15, 0.2) is 72.9 Å². The maximum absolute atomic E-state index is 15.4. The number of hydrogen-bond acceptors (Lipinski definition) is 2. The molecule has 1 aromatic heterocycles. The zero-order valence-corrected chi connectivity index (χ0v) is 18.0. The molecule has 0 saturated carbocycles. The molecule has 0 amide bonds. The van der Waals surface area contributed by atoms with Gasteiger partial charge < -0.3 is 5.11 Å². The van der Waals surface area contributed by atoms with Crippen molar-refractivity contribution in [3.63, 3.8) is 0 Å². The number of rotatable bonds is 6. The van der Waals surface area contributed by atoms with E-state index in [2.05, 4.69) is 10.2 Å². The molecule has 1 heterocycles. The Bertz CT molecular complexity index is 1370. The maximum Gasteiger partial charge on any atom is 0.328 e. The summed E-state index contributed by atoms with van der Waals surface area (Å²) < 4.78 is 15.4. The van der Waals surface area contributed by atoms with Gasteiger partial charge in [0.1, 0.15) is 5.82 Å². The number of aliphatic carboxylic acids is 1. The van der Waals surface area contributed by atoms with Crippen LogP contribution in [0.3, 0.4) is 0 Å². The number of nitrogens with one attached hydrogen (secondary N) is 1. The van der Waals surface area contributed by atoms with Crippen LogP contribution < -0.4 is 0 Å². The average molecular weight is 447 g/mol. The van der Waals surface area contributed by atoms with Crippen LogP contribution in [0.5, 0.6) is 0 Å². The van der Waals surface area contributed by atoms with E-state index in [0.29, 0.717) is 22.6 Å². The molecule has 2 N–H and O–H groups in total. The number of aromatic nitrogens is 2. The fourth-order valence-electron chi connectivity index (χ4n) is 3.80. The molecule has 3 aromatic carbocycles. The number of allylic oxidation sites excluding steroid dienone is 1. The predicted molar refractivity (Wildman–Crippen MR) is 127 cm³/mol. The van der Waals surface area contributed by atoms with E-state index in [-0.39, 0.29) is 0 Å². The van der Waals surface area contributed by atoms with Gasteiger partial charge in [0.25, 0.3) is 0 Å². The minimum Gasteiger partial charge on any atom is -0.478 e. The average Bonchev–Trinajstić information content (AvgIpc) is 3.25. The number of nitrogens with zero attached hydrogens (tertiary/aromatic N) is 1. The molecule has 0 spiro atoms. The van der Waals surface area contributed by atoms with Gasteiger partial charge in [-0.1, -0.05) is 54.9 Å². The van der Waals surface area contributed by atoms with Crippen molar-refractivity contribution in [1.82, 2.24) is 10.2 Å². The lowest BCUT2D eigenvalue weighted by molar-refractivity contribution is -0.131. The van der Waals surface area contributed by atoms with Crippen molar-refractivity contribution >= 4 is 45.7 Å². The Kier molecular flexibility index (Phi) is 6.19. The second-order valence-electron chi connectivity index (χ2n) is 7.27. The van der Waals surface area contributed by atoms with Gasteiger partial charge in [-0.2, -0.15) is 5.10 Å². The van der Waals surface area contributed by atoms with Crippen LogP contribution in [0, 0.1) is 5.82 Å². The molecule has 0 atom stereocenters. The summed E-state index contributed by atoms with van der Waals surface area (Å²) in [7, 11) is 0. The first-order valence-electron chi connectivity index (χ1n) is 10.1. The molecule has 0 aliphatic carbocycles. The fourth-order valence-corrected chi connectivity index (χ4v) is 4.05. The van der Waals surface area contributed by atoms with Crippen LogP contribution in [0.4, 0.5) is 4.39 Å². The molecule has 6 heteroatoms. The number of fused-ring (bicyclic) bond motifs is 1. The summed E-state index contributed by atoms with van der Waals surface area (Å²) in [4.78, 5) is 10.8. The van der Waals surface area contributed by atoms with Gasteiger partial charge in [0.15, 0.2) is 0 Å². The molecule has 4 nitrogen and oxygen atoms in total. The summed E-state index contributed by atoms with van der Waals surface area (Å²) in [6, 6.07) is 18.1. The number of H-pyrrole nitrogens is 1. The minimum atomic E-state index is -1.09. The number of aromatic amines is 1. The second kappa shape index (κ2) is 9.20. The Hall–Kier alpha value is -3.70. The van der Waals surface area contributed by atoms with E-state index in [9.17, 15) is 4.79 Å². The van der Waals surface area contributed by atoms with Gasteiger partial charge in [-0.25, -0.2) is 9.18 Å². The largest absolute Gasteiger partial charge is 0.478 e. The minimum absolute atomic E-state index is 0.414. The Morgan fingerprint density at radius 1 is 1.12 bits per heavy atom. The monoisotopic (exact) mass is 446 g/mol. The smallest absolute Gasteiger partial charge is 0.328 e. The topological polar surface area (TPSA) is 66.0 Å². The normalized spacial score (nSPS) is 12.3. The SMILES string of the molecule is CC/C(=C(\c1ccc2[nH]ncc2c1)c1ccc(/C=C/C(=O)O)cc1F)c1ccccc1Cl. The van der Waals surface area contributed by atoms with E-state index in [1.165, 1.54) is 12.1 Å². The van der Waals surface area contributed by atoms with E-state index in [1.807, 2.05) is 49.4 Å². The third kappa shape index (κ3) is 4.34. The van der Waals surface area contributed by atoms with Crippen LogP contribution in [0.25, 0.3) is 28.1 Å². The molecule has 0 bridgehead atoms. The molecular formula is C26H20ClFN2O2. The van der Waals surface area contributed by atoms with Crippen molar-refractivity contribution < 1.29 is 14.3 Å². The summed E-state index contributed by atoms with van der Waals surface area (Å²) in [5.74, 6) is -1.53. The lowest BCUT2D eigenvalue weighted by Gasteiger charge is -2.18. The summed E-state index contributed by atoms with van der Waals surface area (Å²) in [6.45, 7) is 2.01. The van der Waals surface area contributed by atoms with Crippen molar-refractivity contribution in [3.05, 3.63) is 106 Å². The van der Waals surface area contributed by atoms with Gasteiger partial charge in [-0.05, 0) is 64.6 Å². The van der Waals surface area contributed by atoms with E-state index in [4.69, 9.17) is 16.7 Å². The number of carboxylic acids is 1. The first-order chi connectivity index (χ1) is 15.5. The van der Waals surface area contributed by atoms with E-state index in [0.717, 1.165) is 39.3 Å². The lowest BCUT2D eigenvalue weighted by atomic mass is 9.87. The van der Waals surface area contributed by atoms with Crippen molar-refractivity contribution in [2.75, 3.05) is 0 Å². The molecule has 4 aromatic rings. The van der Waals surface area contributed by atoms with Crippen LogP contribution in [-0.4, -0.2) is 21.3 Å². The molecule has 160 valence electrons. The Morgan fingerprint density at radius 2 is 1.94 bits per heavy atom. The molecule has 0 saturated heterocycles. The first-order valence-corrected chi connectivity index (χ1v) is 10.5.